The molecule has 1 aliphatic rings. The van der Waals surface area contributed by atoms with Gasteiger partial charge in [-0.3, -0.25) is 9.89 Å². The summed E-state index contributed by atoms with van der Waals surface area (Å²) < 4.78 is 7.63. The van der Waals surface area contributed by atoms with Crippen LogP contribution in [0.3, 0.4) is 0 Å². The molecule has 0 radical (unpaired) electrons. The monoisotopic (exact) mass is 569 g/mol. The first-order valence-corrected chi connectivity index (χ1v) is 12.0. The molecule has 0 amide bonds. The Labute approximate surface area is 215 Å². The summed E-state index contributed by atoms with van der Waals surface area (Å²) in [6.07, 6.45) is 3.78. The van der Waals surface area contributed by atoms with Gasteiger partial charge in [-0.2, -0.15) is 0 Å². The minimum atomic E-state index is 0. The Morgan fingerprint density at radius 1 is 1.21 bits per heavy atom. The smallest absolute Gasteiger partial charge is 0.191 e. The molecule has 8 nitrogen and oxygen atoms in total. The van der Waals surface area contributed by atoms with E-state index in [1.165, 1.54) is 5.56 Å². The number of nitrogens with one attached hydrogen (secondary N) is 2. The van der Waals surface area contributed by atoms with Crippen LogP contribution in [0.15, 0.2) is 41.7 Å². The van der Waals surface area contributed by atoms with Crippen molar-refractivity contribution in [3.05, 3.63) is 48.0 Å². The Balaban J connectivity index is 0.00000385. The van der Waals surface area contributed by atoms with Crippen molar-refractivity contribution in [1.82, 2.24) is 30.3 Å². The SMILES string of the molecule is CCc1nncn1CCNC(=NCC(c1ccccc1)N(CC)CC)NCC1CCOC1.I. The molecule has 1 saturated heterocycles. The normalized spacial score (nSPS) is 17.1. The first-order valence-electron chi connectivity index (χ1n) is 12.0. The minimum Gasteiger partial charge on any atom is -0.381 e. The van der Waals surface area contributed by atoms with Gasteiger partial charge in [0.15, 0.2) is 5.96 Å². The van der Waals surface area contributed by atoms with E-state index in [9.17, 15) is 0 Å². The van der Waals surface area contributed by atoms with Crippen LogP contribution in [-0.2, 0) is 17.7 Å². The van der Waals surface area contributed by atoms with Crippen molar-refractivity contribution < 1.29 is 4.74 Å². The van der Waals surface area contributed by atoms with Crippen LogP contribution in [0.5, 0.6) is 0 Å². The Hall–Kier alpha value is -1.72. The van der Waals surface area contributed by atoms with Gasteiger partial charge in [0.1, 0.15) is 12.2 Å². The number of hydrogen-bond donors (Lipinski definition) is 2. The van der Waals surface area contributed by atoms with Crippen LogP contribution in [-0.4, -0.2) is 71.6 Å². The summed E-state index contributed by atoms with van der Waals surface area (Å²) in [6, 6.07) is 10.9. The topological polar surface area (TPSA) is 79.6 Å². The van der Waals surface area contributed by atoms with E-state index >= 15 is 0 Å². The molecular weight excluding hydrogens is 529 g/mol. The van der Waals surface area contributed by atoms with Crippen molar-refractivity contribution in [3.63, 3.8) is 0 Å². The van der Waals surface area contributed by atoms with Gasteiger partial charge in [0.2, 0.25) is 0 Å². The molecule has 2 heterocycles. The van der Waals surface area contributed by atoms with E-state index in [0.29, 0.717) is 12.5 Å². The first-order chi connectivity index (χ1) is 15.7. The number of hydrogen-bond acceptors (Lipinski definition) is 5. The summed E-state index contributed by atoms with van der Waals surface area (Å²) >= 11 is 0. The minimum absolute atomic E-state index is 0. The maximum Gasteiger partial charge on any atom is 0.191 e. The lowest BCUT2D eigenvalue weighted by atomic mass is 10.1. The van der Waals surface area contributed by atoms with E-state index in [-0.39, 0.29) is 30.0 Å². The average Bonchev–Trinajstić information content (AvgIpc) is 3.52. The van der Waals surface area contributed by atoms with Crippen molar-refractivity contribution in [2.24, 2.45) is 10.9 Å². The van der Waals surface area contributed by atoms with Crippen molar-refractivity contribution in [3.8, 4) is 0 Å². The van der Waals surface area contributed by atoms with Crippen LogP contribution < -0.4 is 10.6 Å². The van der Waals surface area contributed by atoms with Crippen molar-refractivity contribution in [1.29, 1.82) is 0 Å². The second-order valence-electron chi connectivity index (χ2n) is 8.17. The number of ether oxygens (including phenoxy) is 1. The summed E-state index contributed by atoms with van der Waals surface area (Å²) in [7, 11) is 0. The van der Waals surface area contributed by atoms with Gasteiger partial charge >= 0.3 is 0 Å². The molecule has 9 heteroatoms. The van der Waals surface area contributed by atoms with E-state index in [0.717, 1.165) is 70.6 Å². The summed E-state index contributed by atoms with van der Waals surface area (Å²) in [6.45, 7) is 13.4. The number of nitrogens with zero attached hydrogens (tertiary/aromatic N) is 5. The predicted octanol–water partition coefficient (Wildman–Crippen LogP) is 3.11. The third-order valence-corrected chi connectivity index (χ3v) is 6.10. The highest BCUT2D eigenvalue weighted by Crippen LogP contribution is 2.20. The largest absolute Gasteiger partial charge is 0.381 e. The lowest BCUT2D eigenvalue weighted by Crippen LogP contribution is -2.42. The van der Waals surface area contributed by atoms with Gasteiger partial charge in [0.25, 0.3) is 0 Å². The van der Waals surface area contributed by atoms with Crippen LogP contribution in [0, 0.1) is 5.92 Å². The molecule has 0 saturated carbocycles. The van der Waals surface area contributed by atoms with Crippen LogP contribution in [0.25, 0.3) is 0 Å². The molecule has 2 N–H and O–H groups in total. The number of aryl methyl sites for hydroxylation is 1. The van der Waals surface area contributed by atoms with Gasteiger partial charge in [-0.05, 0) is 25.1 Å². The van der Waals surface area contributed by atoms with E-state index in [1.54, 1.807) is 6.33 Å². The molecule has 2 unspecified atom stereocenters. The van der Waals surface area contributed by atoms with Gasteiger partial charge < -0.3 is 19.9 Å². The maximum atomic E-state index is 5.54. The Morgan fingerprint density at radius 3 is 2.67 bits per heavy atom. The van der Waals surface area contributed by atoms with Crippen LogP contribution in [0.4, 0.5) is 0 Å². The fourth-order valence-corrected chi connectivity index (χ4v) is 4.14. The number of rotatable bonds is 12. The fraction of sp³-hybridized carbons (Fsp3) is 0.625. The lowest BCUT2D eigenvalue weighted by molar-refractivity contribution is 0.186. The van der Waals surface area contributed by atoms with E-state index in [2.05, 4.69) is 81.4 Å². The zero-order chi connectivity index (χ0) is 22.6. The number of aromatic nitrogens is 3. The Bertz CT molecular complexity index is 804. The molecule has 1 aromatic heterocycles. The highest BCUT2D eigenvalue weighted by Gasteiger charge is 2.19. The molecule has 2 aromatic rings. The molecule has 0 bridgehead atoms. The summed E-state index contributed by atoms with van der Waals surface area (Å²) in [5, 5.41) is 15.3. The molecule has 1 fully saturated rings. The van der Waals surface area contributed by atoms with Gasteiger partial charge in [0, 0.05) is 38.6 Å². The quantitative estimate of drug-likeness (QED) is 0.233. The molecule has 2 atom stereocenters. The van der Waals surface area contributed by atoms with Gasteiger partial charge in [0.05, 0.1) is 19.2 Å². The average molecular weight is 570 g/mol. The van der Waals surface area contributed by atoms with Crippen LogP contribution in [0.1, 0.15) is 44.6 Å². The molecule has 3 rings (SSSR count). The Kier molecular flexibility index (Phi) is 12.7. The summed E-state index contributed by atoms with van der Waals surface area (Å²) in [5.41, 5.74) is 1.31. The predicted molar refractivity (Wildman–Crippen MR) is 144 cm³/mol. The zero-order valence-corrected chi connectivity index (χ0v) is 22.6. The van der Waals surface area contributed by atoms with E-state index < -0.39 is 0 Å². The molecule has 1 aromatic carbocycles. The standard InChI is InChI=1S/C24H39N7O.HI/c1-4-23-29-28-19-31(23)14-13-25-24(26-16-20-12-15-32-18-20)27-17-22(30(5-2)6-3)21-10-8-7-9-11-21;/h7-11,19-20,22H,4-6,12-18H2,1-3H3,(H2,25,26,27);1H. The third kappa shape index (κ3) is 8.53. The summed E-state index contributed by atoms with van der Waals surface area (Å²) in [5.74, 6) is 2.40. The van der Waals surface area contributed by atoms with Gasteiger partial charge in [-0.15, -0.1) is 34.2 Å². The summed E-state index contributed by atoms with van der Waals surface area (Å²) in [4.78, 5) is 7.48. The first kappa shape index (κ1) is 27.5. The van der Waals surface area contributed by atoms with Crippen LogP contribution >= 0.6 is 24.0 Å². The van der Waals surface area contributed by atoms with Gasteiger partial charge in [-0.1, -0.05) is 51.1 Å². The molecule has 184 valence electrons. The Morgan fingerprint density at radius 2 is 2.00 bits per heavy atom. The third-order valence-electron chi connectivity index (χ3n) is 6.10. The molecule has 33 heavy (non-hydrogen) atoms. The van der Waals surface area contributed by atoms with E-state index in [1.807, 2.05) is 0 Å². The van der Waals surface area contributed by atoms with Crippen molar-refractivity contribution in [2.45, 2.75) is 46.2 Å². The highest BCUT2D eigenvalue weighted by atomic mass is 127. The highest BCUT2D eigenvalue weighted by molar-refractivity contribution is 14.0. The zero-order valence-electron chi connectivity index (χ0n) is 20.2. The number of halogens is 1. The molecular formula is C24H40IN7O. The van der Waals surface area contributed by atoms with Crippen molar-refractivity contribution in [2.75, 3.05) is 45.9 Å². The van der Waals surface area contributed by atoms with Crippen molar-refractivity contribution >= 4 is 29.9 Å². The lowest BCUT2D eigenvalue weighted by Gasteiger charge is -2.29. The fourth-order valence-electron chi connectivity index (χ4n) is 4.14. The second kappa shape index (κ2) is 15.2. The number of likely N-dealkylation sites (N-methyl/N-ethyl adjacent to an activating group) is 1. The number of benzene rings is 1. The maximum absolute atomic E-state index is 5.54. The molecule has 1 aliphatic heterocycles. The molecule has 0 spiro atoms. The number of guanidine groups is 1. The van der Waals surface area contributed by atoms with Crippen LogP contribution in [0.2, 0.25) is 0 Å². The second-order valence-corrected chi connectivity index (χ2v) is 8.17. The molecule has 0 aliphatic carbocycles. The van der Waals surface area contributed by atoms with Gasteiger partial charge in [-0.25, -0.2) is 0 Å². The van der Waals surface area contributed by atoms with E-state index in [4.69, 9.17) is 9.73 Å². The number of aliphatic imine (C=N–C) groups is 1.